The number of carbonyl (C=O) groups is 1. The lowest BCUT2D eigenvalue weighted by atomic mass is 9.66. The molecule has 4 atom stereocenters. The minimum atomic E-state index is -0.362. The largest absolute Gasteiger partial charge is 0.370 e. The van der Waals surface area contributed by atoms with Crippen molar-refractivity contribution >= 4 is 5.78 Å². The van der Waals surface area contributed by atoms with E-state index in [1.807, 2.05) is 0 Å². The predicted molar refractivity (Wildman–Crippen MR) is 52.9 cm³/mol. The zero-order chi connectivity index (χ0) is 9.76. The Labute approximate surface area is 85.0 Å². The van der Waals surface area contributed by atoms with E-state index in [0.717, 1.165) is 31.1 Å². The summed E-state index contributed by atoms with van der Waals surface area (Å²) in [7, 11) is 1.73. The fraction of sp³-hybridized carbons (Fsp3) is 0.917. The van der Waals surface area contributed by atoms with Gasteiger partial charge in [0.05, 0.1) is 0 Å². The summed E-state index contributed by atoms with van der Waals surface area (Å²) in [5.41, 5.74) is -0.362. The Balaban J connectivity index is 2.00. The lowest BCUT2D eigenvalue weighted by molar-refractivity contribution is -0.147. The van der Waals surface area contributed by atoms with Crippen LogP contribution in [0.25, 0.3) is 0 Å². The van der Waals surface area contributed by atoms with Crippen LogP contribution in [0.1, 0.15) is 38.5 Å². The van der Waals surface area contributed by atoms with Crippen molar-refractivity contribution < 1.29 is 9.53 Å². The van der Waals surface area contributed by atoms with Gasteiger partial charge in [-0.15, -0.1) is 0 Å². The molecule has 0 saturated heterocycles. The first-order valence-electron chi connectivity index (χ1n) is 5.80. The number of hydrogen-bond acceptors (Lipinski definition) is 2. The molecular weight excluding hydrogens is 176 g/mol. The minimum absolute atomic E-state index is 0.362. The first-order chi connectivity index (χ1) is 6.72. The highest BCUT2D eigenvalue weighted by molar-refractivity contribution is 5.88. The predicted octanol–water partition coefficient (Wildman–Crippen LogP) is 2.17. The Hall–Kier alpha value is -0.370. The van der Waals surface area contributed by atoms with Crippen molar-refractivity contribution in [3.8, 4) is 0 Å². The summed E-state index contributed by atoms with van der Waals surface area (Å²) in [5.74, 6) is 2.64. The first kappa shape index (κ1) is 8.90. The van der Waals surface area contributed by atoms with Crippen LogP contribution in [0.15, 0.2) is 0 Å². The van der Waals surface area contributed by atoms with Crippen LogP contribution in [0.3, 0.4) is 0 Å². The highest BCUT2D eigenvalue weighted by Gasteiger charge is 2.52. The standard InChI is InChI=1S/C12H18O2/c1-14-12-6-9-2-8(5-11(12)13)3-10(4-9)7-12/h8-10H,2-7H2,1H3/t8?,9-,10+,12?. The monoisotopic (exact) mass is 194 g/mol. The number of Topliss-reactive ketones (excluding diaryl/α,β-unsaturated/α-hetero) is 1. The SMILES string of the molecule is COC12C[C@@H]3CC(CC1=O)C[C@@H](C3)C2. The molecule has 2 heteroatoms. The molecule has 2 unspecified atom stereocenters. The lowest BCUT2D eigenvalue weighted by Gasteiger charge is -2.43. The highest BCUT2D eigenvalue weighted by Crippen LogP contribution is 2.52. The smallest absolute Gasteiger partial charge is 0.164 e. The number of carbonyl (C=O) groups excluding carboxylic acids is 1. The highest BCUT2D eigenvalue weighted by atomic mass is 16.5. The number of hydrogen-bond donors (Lipinski definition) is 0. The van der Waals surface area contributed by atoms with Gasteiger partial charge in [0.15, 0.2) is 5.78 Å². The molecule has 78 valence electrons. The van der Waals surface area contributed by atoms with Gasteiger partial charge in [-0.1, -0.05) is 0 Å². The average Bonchev–Trinajstić information content (AvgIpc) is 2.29. The van der Waals surface area contributed by atoms with Gasteiger partial charge in [-0.25, -0.2) is 0 Å². The molecule has 2 nitrogen and oxygen atoms in total. The molecule has 0 spiro atoms. The molecule has 0 amide bonds. The fourth-order valence-electron chi connectivity index (χ4n) is 4.18. The van der Waals surface area contributed by atoms with Crippen molar-refractivity contribution in [1.82, 2.24) is 0 Å². The van der Waals surface area contributed by atoms with Gasteiger partial charge in [-0.3, -0.25) is 4.79 Å². The number of ether oxygens (including phenoxy) is 1. The van der Waals surface area contributed by atoms with E-state index in [2.05, 4.69) is 0 Å². The maximum atomic E-state index is 12.1. The topological polar surface area (TPSA) is 26.3 Å². The van der Waals surface area contributed by atoms with Gasteiger partial charge in [0, 0.05) is 13.5 Å². The van der Waals surface area contributed by atoms with Crippen LogP contribution in [0.5, 0.6) is 0 Å². The number of methoxy groups -OCH3 is 1. The maximum Gasteiger partial charge on any atom is 0.164 e. The average molecular weight is 194 g/mol. The Morgan fingerprint density at radius 3 is 2.29 bits per heavy atom. The molecule has 4 bridgehead atoms. The summed E-state index contributed by atoms with van der Waals surface area (Å²) in [6.45, 7) is 0. The molecule has 0 heterocycles. The van der Waals surface area contributed by atoms with Crippen molar-refractivity contribution in [1.29, 1.82) is 0 Å². The minimum Gasteiger partial charge on any atom is -0.370 e. The Kier molecular flexibility index (Phi) is 1.79. The first-order valence-corrected chi connectivity index (χ1v) is 5.80. The summed E-state index contributed by atoms with van der Waals surface area (Å²) in [6.07, 6.45) is 6.74. The Morgan fingerprint density at radius 2 is 1.71 bits per heavy atom. The Bertz CT molecular complexity index is 257. The third-order valence-electron chi connectivity index (χ3n) is 4.61. The molecule has 0 aromatic carbocycles. The van der Waals surface area contributed by atoms with E-state index in [-0.39, 0.29) is 5.60 Å². The van der Waals surface area contributed by atoms with Crippen molar-refractivity contribution in [3.05, 3.63) is 0 Å². The van der Waals surface area contributed by atoms with E-state index < -0.39 is 0 Å². The van der Waals surface area contributed by atoms with Gasteiger partial charge in [0.25, 0.3) is 0 Å². The molecule has 0 aromatic heterocycles. The third kappa shape index (κ3) is 1.10. The fourth-order valence-corrected chi connectivity index (χ4v) is 4.18. The summed E-state index contributed by atoms with van der Waals surface area (Å²) in [5, 5.41) is 0. The molecule has 0 aromatic rings. The van der Waals surface area contributed by atoms with E-state index >= 15 is 0 Å². The Morgan fingerprint density at radius 1 is 1.14 bits per heavy atom. The van der Waals surface area contributed by atoms with Crippen LogP contribution in [0.2, 0.25) is 0 Å². The maximum absolute atomic E-state index is 12.1. The van der Waals surface area contributed by atoms with Gasteiger partial charge in [0.2, 0.25) is 0 Å². The van der Waals surface area contributed by atoms with Gasteiger partial charge < -0.3 is 4.74 Å². The zero-order valence-electron chi connectivity index (χ0n) is 8.79. The second-order valence-electron chi connectivity index (χ2n) is 5.54. The van der Waals surface area contributed by atoms with E-state index in [4.69, 9.17) is 4.74 Å². The molecular formula is C12H18O2. The van der Waals surface area contributed by atoms with Gasteiger partial charge in [-0.2, -0.15) is 0 Å². The molecule has 14 heavy (non-hydrogen) atoms. The molecule has 0 N–H and O–H groups in total. The van der Waals surface area contributed by atoms with E-state index in [1.54, 1.807) is 7.11 Å². The van der Waals surface area contributed by atoms with Gasteiger partial charge in [-0.05, 0) is 49.9 Å². The van der Waals surface area contributed by atoms with Crippen LogP contribution in [-0.4, -0.2) is 18.5 Å². The molecule has 0 radical (unpaired) electrons. The van der Waals surface area contributed by atoms with Gasteiger partial charge >= 0.3 is 0 Å². The lowest BCUT2D eigenvalue weighted by Crippen LogP contribution is -2.45. The quantitative estimate of drug-likeness (QED) is 0.639. The van der Waals surface area contributed by atoms with E-state index in [0.29, 0.717) is 11.7 Å². The van der Waals surface area contributed by atoms with Crippen LogP contribution in [0.4, 0.5) is 0 Å². The molecule has 4 fully saturated rings. The van der Waals surface area contributed by atoms with Crippen molar-refractivity contribution in [2.45, 2.75) is 44.1 Å². The molecule has 4 saturated carbocycles. The number of ketones is 1. The zero-order valence-corrected chi connectivity index (χ0v) is 8.79. The van der Waals surface area contributed by atoms with E-state index in [9.17, 15) is 4.79 Å². The molecule has 4 rings (SSSR count). The van der Waals surface area contributed by atoms with E-state index in [1.165, 1.54) is 19.3 Å². The van der Waals surface area contributed by atoms with Crippen LogP contribution >= 0.6 is 0 Å². The summed E-state index contributed by atoms with van der Waals surface area (Å²) >= 11 is 0. The van der Waals surface area contributed by atoms with Crippen molar-refractivity contribution in [2.24, 2.45) is 17.8 Å². The van der Waals surface area contributed by atoms with Crippen molar-refractivity contribution in [2.75, 3.05) is 7.11 Å². The second kappa shape index (κ2) is 2.82. The third-order valence-corrected chi connectivity index (χ3v) is 4.61. The van der Waals surface area contributed by atoms with Gasteiger partial charge in [0.1, 0.15) is 5.60 Å². The van der Waals surface area contributed by atoms with Crippen LogP contribution in [-0.2, 0) is 9.53 Å². The van der Waals surface area contributed by atoms with Crippen molar-refractivity contribution in [3.63, 3.8) is 0 Å². The normalized spacial score (nSPS) is 50.9. The number of rotatable bonds is 1. The molecule has 0 aliphatic heterocycles. The number of fused-ring (bicyclic) bond motifs is 1. The molecule has 4 aliphatic rings. The summed E-state index contributed by atoms with van der Waals surface area (Å²) in [6, 6.07) is 0. The second-order valence-corrected chi connectivity index (χ2v) is 5.54. The summed E-state index contributed by atoms with van der Waals surface area (Å²) < 4.78 is 5.59. The van der Waals surface area contributed by atoms with Crippen LogP contribution < -0.4 is 0 Å². The molecule has 4 aliphatic carbocycles. The summed E-state index contributed by atoms with van der Waals surface area (Å²) in [4.78, 5) is 12.1. The van der Waals surface area contributed by atoms with Crippen LogP contribution in [0, 0.1) is 17.8 Å².